The summed E-state index contributed by atoms with van der Waals surface area (Å²) in [6, 6.07) is 3.66. The number of methoxy groups -OCH3 is 2. The SMILES string of the molecule is COc1cc(C=O)c(CCN2CCNCC2)cc1OC. The summed E-state index contributed by atoms with van der Waals surface area (Å²) in [5.41, 5.74) is 1.69. The molecular formula is C15H22N2O3. The Morgan fingerprint density at radius 3 is 2.45 bits per heavy atom. The molecule has 0 aromatic heterocycles. The molecule has 0 radical (unpaired) electrons. The van der Waals surface area contributed by atoms with Crippen molar-refractivity contribution in [3.8, 4) is 11.5 Å². The Labute approximate surface area is 119 Å². The molecule has 5 nitrogen and oxygen atoms in total. The van der Waals surface area contributed by atoms with Gasteiger partial charge < -0.3 is 19.7 Å². The molecule has 0 saturated carbocycles. The number of aldehydes is 1. The van der Waals surface area contributed by atoms with E-state index in [0.29, 0.717) is 17.1 Å². The van der Waals surface area contributed by atoms with Crippen LogP contribution in [0.15, 0.2) is 12.1 Å². The molecule has 1 heterocycles. The van der Waals surface area contributed by atoms with E-state index >= 15 is 0 Å². The molecule has 5 heteroatoms. The number of piperazine rings is 1. The number of carbonyl (C=O) groups is 1. The van der Waals surface area contributed by atoms with Crippen LogP contribution in [0.25, 0.3) is 0 Å². The highest BCUT2D eigenvalue weighted by Gasteiger charge is 2.13. The molecule has 0 unspecified atom stereocenters. The number of ether oxygens (including phenoxy) is 2. The third kappa shape index (κ3) is 3.49. The maximum absolute atomic E-state index is 11.2. The molecule has 1 aliphatic rings. The van der Waals surface area contributed by atoms with Crippen molar-refractivity contribution < 1.29 is 14.3 Å². The Morgan fingerprint density at radius 1 is 1.20 bits per heavy atom. The Kier molecular flexibility index (Phi) is 5.38. The van der Waals surface area contributed by atoms with Crippen molar-refractivity contribution >= 4 is 6.29 Å². The van der Waals surface area contributed by atoms with Crippen LogP contribution in [0.4, 0.5) is 0 Å². The zero-order valence-corrected chi connectivity index (χ0v) is 12.1. The fourth-order valence-corrected chi connectivity index (χ4v) is 2.48. The molecule has 1 aliphatic heterocycles. The highest BCUT2D eigenvalue weighted by molar-refractivity contribution is 5.79. The van der Waals surface area contributed by atoms with E-state index in [2.05, 4.69) is 10.2 Å². The van der Waals surface area contributed by atoms with Gasteiger partial charge in [-0.15, -0.1) is 0 Å². The summed E-state index contributed by atoms with van der Waals surface area (Å²) < 4.78 is 10.5. The smallest absolute Gasteiger partial charge is 0.161 e. The van der Waals surface area contributed by atoms with E-state index in [-0.39, 0.29) is 0 Å². The second kappa shape index (κ2) is 7.26. The minimum Gasteiger partial charge on any atom is -0.493 e. The molecule has 0 amide bonds. The number of nitrogens with zero attached hydrogens (tertiary/aromatic N) is 1. The summed E-state index contributed by atoms with van der Waals surface area (Å²) in [4.78, 5) is 13.6. The van der Waals surface area contributed by atoms with Crippen LogP contribution in [0.2, 0.25) is 0 Å². The number of benzene rings is 1. The van der Waals surface area contributed by atoms with Crippen molar-refractivity contribution in [3.63, 3.8) is 0 Å². The van der Waals surface area contributed by atoms with E-state index in [9.17, 15) is 4.79 Å². The van der Waals surface area contributed by atoms with Crippen molar-refractivity contribution in [2.24, 2.45) is 0 Å². The van der Waals surface area contributed by atoms with Crippen molar-refractivity contribution in [2.75, 3.05) is 46.9 Å². The van der Waals surface area contributed by atoms with Crippen LogP contribution in [0.3, 0.4) is 0 Å². The molecule has 0 spiro atoms. The fraction of sp³-hybridized carbons (Fsp3) is 0.533. The molecule has 1 aromatic rings. The van der Waals surface area contributed by atoms with Gasteiger partial charge in [0.25, 0.3) is 0 Å². The summed E-state index contributed by atoms with van der Waals surface area (Å²) >= 11 is 0. The first-order valence-corrected chi connectivity index (χ1v) is 6.91. The Bertz CT molecular complexity index is 457. The monoisotopic (exact) mass is 278 g/mol. The van der Waals surface area contributed by atoms with E-state index in [1.807, 2.05) is 6.07 Å². The van der Waals surface area contributed by atoms with Gasteiger partial charge >= 0.3 is 0 Å². The summed E-state index contributed by atoms with van der Waals surface area (Å²) in [7, 11) is 3.19. The largest absolute Gasteiger partial charge is 0.493 e. The Balaban J connectivity index is 2.10. The van der Waals surface area contributed by atoms with Crippen LogP contribution in [-0.2, 0) is 6.42 Å². The zero-order valence-electron chi connectivity index (χ0n) is 12.1. The van der Waals surface area contributed by atoms with Crippen LogP contribution in [0, 0.1) is 0 Å². The number of hydrogen-bond donors (Lipinski definition) is 1. The summed E-state index contributed by atoms with van der Waals surface area (Å²) in [5.74, 6) is 1.27. The van der Waals surface area contributed by atoms with Gasteiger partial charge in [0.2, 0.25) is 0 Å². The van der Waals surface area contributed by atoms with Gasteiger partial charge in [-0.2, -0.15) is 0 Å². The topological polar surface area (TPSA) is 50.8 Å². The lowest BCUT2D eigenvalue weighted by molar-refractivity contribution is 0.112. The average molecular weight is 278 g/mol. The average Bonchev–Trinajstić information content (AvgIpc) is 2.52. The summed E-state index contributed by atoms with van der Waals surface area (Å²) in [5, 5.41) is 3.33. The summed E-state index contributed by atoms with van der Waals surface area (Å²) in [6.07, 6.45) is 1.73. The van der Waals surface area contributed by atoms with Crippen molar-refractivity contribution in [1.82, 2.24) is 10.2 Å². The number of rotatable bonds is 6. The number of hydrogen-bond acceptors (Lipinski definition) is 5. The van der Waals surface area contributed by atoms with Crippen LogP contribution < -0.4 is 14.8 Å². The lowest BCUT2D eigenvalue weighted by atomic mass is 10.0. The maximum Gasteiger partial charge on any atom is 0.161 e. The predicted octanol–water partition coefficient (Wildman–Crippen LogP) is 0.964. The molecule has 0 atom stereocenters. The zero-order chi connectivity index (χ0) is 14.4. The minimum atomic E-state index is 0.598. The number of carbonyl (C=O) groups excluding carboxylic acids is 1. The standard InChI is InChI=1S/C15H22N2O3/c1-19-14-9-12(13(11-18)10-15(14)20-2)3-6-17-7-4-16-5-8-17/h9-11,16H,3-8H2,1-2H3. The highest BCUT2D eigenvalue weighted by atomic mass is 16.5. The fourth-order valence-electron chi connectivity index (χ4n) is 2.48. The third-order valence-corrected chi connectivity index (χ3v) is 3.68. The second-order valence-corrected chi connectivity index (χ2v) is 4.87. The van der Waals surface area contributed by atoms with Crippen LogP contribution in [0.1, 0.15) is 15.9 Å². The minimum absolute atomic E-state index is 0.598. The van der Waals surface area contributed by atoms with E-state index in [0.717, 1.165) is 51.0 Å². The first-order chi connectivity index (χ1) is 9.78. The third-order valence-electron chi connectivity index (χ3n) is 3.68. The van der Waals surface area contributed by atoms with Gasteiger partial charge in [0.05, 0.1) is 14.2 Å². The maximum atomic E-state index is 11.2. The van der Waals surface area contributed by atoms with Gasteiger partial charge in [-0.25, -0.2) is 0 Å². The van der Waals surface area contributed by atoms with Gasteiger partial charge in [0.15, 0.2) is 11.5 Å². The highest BCUT2D eigenvalue weighted by Crippen LogP contribution is 2.30. The quantitative estimate of drug-likeness (QED) is 0.786. The molecule has 0 aliphatic carbocycles. The van der Waals surface area contributed by atoms with E-state index in [1.165, 1.54) is 0 Å². The lowest BCUT2D eigenvalue weighted by Crippen LogP contribution is -2.44. The van der Waals surface area contributed by atoms with Gasteiger partial charge in [0.1, 0.15) is 6.29 Å². The van der Waals surface area contributed by atoms with Gasteiger partial charge in [-0.05, 0) is 24.1 Å². The Hall–Kier alpha value is -1.59. The molecule has 2 rings (SSSR count). The first kappa shape index (κ1) is 14.8. The summed E-state index contributed by atoms with van der Waals surface area (Å²) in [6.45, 7) is 5.14. The molecule has 1 aromatic carbocycles. The molecule has 1 saturated heterocycles. The molecular weight excluding hydrogens is 256 g/mol. The van der Waals surface area contributed by atoms with Crippen molar-refractivity contribution in [1.29, 1.82) is 0 Å². The van der Waals surface area contributed by atoms with E-state index < -0.39 is 0 Å². The molecule has 1 N–H and O–H groups in total. The van der Waals surface area contributed by atoms with Gasteiger partial charge in [-0.1, -0.05) is 0 Å². The lowest BCUT2D eigenvalue weighted by Gasteiger charge is -2.27. The first-order valence-electron chi connectivity index (χ1n) is 6.91. The normalized spacial score (nSPS) is 15.9. The molecule has 20 heavy (non-hydrogen) atoms. The van der Waals surface area contributed by atoms with E-state index in [4.69, 9.17) is 9.47 Å². The van der Waals surface area contributed by atoms with Crippen LogP contribution in [0.5, 0.6) is 11.5 Å². The van der Waals surface area contributed by atoms with Crippen molar-refractivity contribution in [3.05, 3.63) is 23.3 Å². The predicted molar refractivity (Wildman–Crippen MR) is 77.9 cm³/mol. The van der Waals surface area contributed by atoms with Gasteiger partial charge in [-0.3, -0.25) is 4.79 Å². The molecule has 1 fully saturated rings. The Morgan fingerprint density at radius 2 is 1.85 bits per heavy atom. The number of nitrogens with one attached hydrogen (secondary N) is 1. The van der Waals surface area contributed by atoms with Gasteiger partial charge in [0, 0.05) is 38.3 Å². The second-order valence-electron chi connectivity index (χ2n) is 4.87. The van der Waals surface area contributed by atoms with E-state index in [1.54, 1.807) is 20.3 Å². The molecule has 110 valence electrons. The van der Waals surface area contributed by atoms with Crippen LogP contribution >= 0.6 is 0 Å². The van der Waals surface area contributed by atoms with Crippen molar-refractivity contribution in [2.45, 2.75) is 6.42 Å². The van der Waals surface area contributed by atoms with Crippen LogP contribution in [-0.4, -0.2) is 58.1 Å². The molecule has 0 bridgehead atoms.